The number of carbonyl (C=O) groups is 1. The molecule has 126 valence electrons. The van der Waals surface area contributed by atoms with E-state index < -0.39 is 17.2 Å². The number of ether oxygens (including phenoxy) is 1. The van der Waals surface area contributed by atoms with Crippen LogP contribution in [0.15, 0.2) is 0 Å². The summed E-state index contributed by atoms with van der Waals surface area (Å²) in [5.74, 6) is 0.224. The van der Waals surface area contributed by atoms with Crippen LogP contribution < -0.4 is 0 Å². The Morgan fingerprint density at radius 3 is 2.57 bits per heavy atom. The zero-order valence-corrected chi connectivity index (χ0v) is 13.6. The highest BCUT2D eigenvalue weighted by molar-refractivity contribution is 7.12. The first-order valence-electron chi connectivity index (χ1n) is 6.84. The first-order chi connectivity index (χ1) is 10.7. The second-order valence-electron chi connectivity index (χ2n) is 4.81. The molecule has 0 saturated carbocycles. The Morgan fingerprint density at radius 1 is 1.30 bits per heavy atom. The van der Waals surface area contributed by atoms with Gasteiger partial charge in [0, 0.05) is 11.4 Å². The molecule has 2 aromatic heterocycles. The molecule has 6 nitrogen and oxygen atoms in total. The molecule has 0 aliphatic heterocycles. The molecule has 2 heterocycles. The average Bonchev–Trinajstić information content (AvgIpc) is 3.01. The molecule has 2 rings (SSSR count). The molecule has 23 heavy (non-hydrogen) atoms. The Balaban J connectivity index is 2.10. The van der Waals surface area contributed by atoms with Crippen molar-refractivity contribution in [2.75, 3.05) is 0 Å². The Labute approximate surface area is 134 Å². The average molecular weight is 348 g/mol. The summed E-state index contributed by atoms with van der Waals surface area (Å²) in [5.41, 5.74) is -0.319. The third-order valence-electron chi connectivity index (χ3n) is 3.02. The molecule has 0 fully saturated rings. The predicted octanol–water partition coefficient (Wildman–Crippen LogP) is 3.14. The molecule has 0 N–H and O–H groups in total. The third-order valence-corrected chi connectivity index (χ3v) is 4.04. The van der Waals surface area contributed by atoms with Crippen molar-refractivity contribution in [1.82, 2.24) is 19.7 Å². The summed E-state index contributed by atoms with van der Waals surface area (Å²) in [5, 5.41) is 6.74. The van der Waals surface area contributed by atoms with Gasteiger partial charge in [0.05, 0.1) is 0 Å². The summed E-state index contributed by atoms with van der Waals surface area (Å²) >= 11 is 0.417. The van der Waals surface area contributed by atoms with Gasteiger partial charge in [-0.1, -0.05) is 6.92 Å². The second kappa shape index (κ2) is 6.65. The van der Waals surface area contributed by atoms with E-state index in [1.54, 1.807) is 11.5 Å². The highest BCUT2D eigenvalue weighted by Gasteiger charge is 2.36. The highest BCUT2D eigenvalue weighted by atomic mass is 32.1. The van der Waals surface area contributed by atoms with Crippen LogP contribution in [0.5, 0.6) is 0 Å². The lowest BCUT2D eigenvalue weighted by atomic mass is 10.4. The number of alkyl halides is 3. The van der Waals surface area contributed by atoms with E-state index in [9.17, 15) is 18.0 Å². The van der Waals surface area contributed by atoms with E-state index in [4.69, 9.17) is 4.74 Å². The number of hydrogen-bond acceptors (Lipinski definition) is 6. The number of esters is 1. The van der Waals surface area contributed by atoms with Crippen molar-refractivity contribution >= 4 is 17.3 Å². The van der Waals surface area contributed by atoms with Gasteiger partial charge >= 0.3 is 12.1 Å². The summed E-state index contributed by atoms with van der Waals surface area (Å²) in [4.78, 5) is 15.4. The number of halogens is 3. The molecule has 0 unspecified atom stereocenters. The van der Waals surface area contributed by atoms with E-state index in [-0.39, 0.29) is 17.2 Å². The fourth-order valence-corrected chi connectivity index (χ4v) is 2.72. The number of nitrogens with zero attached hydrogens (tertiary/aromatic N) is 4. The number of carbonyl (C=O) groups excluding carboxylic acids is 1. The van der Waals surface area contributed by atoms with Crippen LogP contribution >= 0.6 is 11.3 Å². The van der Waals surface area contributed by atoms with Gasteiger partial charge in [-0.05, 0) is 20.3 Å². The summed E-state index contributed by atoms with van der Waals surface area (Å²) in [6.45, 7) is 5.64. The molecule has 0 saturated heterocycles. The monoisotopic (exact) mass is 348 g/mol. The summed E-state index contributed by atoms with van der Waals surface area (Å²) < 4.78 is 44.7. The van der Waals surface area contributed by atoms with E-state index in [0.717, 1.165) is 6.42 Å². The van der Waals surface area contributed by atoms with Crippen molar-refractivity contribution in [2.24, 2.45) is 0 Å². The fraction of sp³-hybridized carbons (Fsp3) is 0.538. The summed E-state index contributed by atoms with van der Waals surface area (Å²) in [6.07, 6.45) is -3.73. The van der Waals surface area contributed by atoms with Crippen molar-refractivity contribution in [2.45, 2.75) is 46.5 Å². The molecule has 0 aliphatic carbocycles. The van der Waals surface area contributed by atoms with E-state index in [1.165, 1.54) is 6.92 Å². The van der Waals surface area contributed by atoms with E-state index in [0.29, 0.717) is 29.5 Å². The zero-order chi connectivity index (χ0) is 17.2. The number of aryl methyl sites for hydroxylation is 2. The van der Waals surface area contributed by atoms with Crippen molar-refractivity contribution in [3.05, 3.63) is 27.2 Å². The SMILES string of the molecule is CCCn1c(C)nnc1COC(=O)c1nc(C(F)(F)F)sc1C. The third kappa shape index (κ3) is 3.87. The molecule has 0 amide bonds. The van der Waals surface area contributed by atoms with Crippen molar-refractivity contribution in [3.63, 3.8) is 0 Å². The normalized spacial score (nSPS) is 11.7. The number of rotatable bonds is 5. The standard InChI is InChI=1S/C13H15F3N4O2S/c1-4-5-20-8(3)18-19-9(20)6-22-11(21)10-7(2)23-12(17-10)13(14,15)16/h4-6H2,1-3H3. The largest absolute Gasteiger partial charge is 0.453 e. The molecule has 0 spiro atoms. The molecule has 2 aromatic rings. The van der Waals surface area contributed by atoms with Crippen molar-refractivity contribution in [1.29, 1.82) is 0 Å². The maximum Gasteiger partial charge on any atom is 0.443 e. The van der Waals surface area contributed by atoms with Gasteiger partial charge in [0.25, 0.3) is 0 Å². The van der Waals surface area contributed by atoms with Crippen LogP contribution in [-0.4, -0.2) is 25.7 Å². The van der Waals surface area contributed by atoms with Gasteiger partial charge in [-0.3, -0.25) is 0 Å². The quantitative estimate of drug-likeness (QED) is 0.777. The zero-order valence-electron chi connectivity index (χ0n) is 12.8. The minimum Gasteiger partial charge on any atom is -0.453 e. The highest BCUT2D eigenvalue weighted by Crippen LogP contribution is 2.34. The molecule has 0 bridgehead atoms. The Morgan fingerprint density at radius 2 is 2.00 bits per heavy atom. The lowest BCUT2D eigenvalue weighted by Gasteiger charge is -2.07. The van der Waals surface area contributed by atoms with E-state index in [1.807, 2.05) is 6.92 Å². The van der Waals surface area contributed by atoms with Crippen LogP contribution in [0.1, 0.15) is 45.4 Å². The number of thiazole rings is 1. The summed E-state index contributed by atoms with van der Waals surface area (Å²) in [7, 11) is 0. The minimum atomic E-state index is -4.58. The second-order valence-corrected chi connectivity index (χ2v) is 6.02. The first-order valence-corrected chi connectivity index (χ1v) is 7.66. The molecular formula is C13H15F3N4O2S. The van der Waals surface area contributed by atoms with Gasteiger partial charge < -0.3 is 9.30 Å². The lowest BCUT2D eigenvalue weighted by Crippen LogP contribution is -2.12. The van der Waals surface area contributed by atoms with Crippen LogP contribution in [0.3, 0.4) is 0 Å². The molecule has 0 aromatic carbocycles. The molecular weight excluding hydrogens is 333 g/mol. The maximum absolute atomic E-state index is 12.6. The van der Waals surface area contributed by atoms with Crippen LogP contribution in [0.2, 0.25) is 0 Å². The number of hydrogen-bond donors (Lipinski definition) is 0. The molecule has 10 heteroatoms. The smallest absolute Gasteiger partial charge is 0.443 e. The number of aromatic nitrogens is 4. The Hall–Kier alpha value is -1.97. The van der Waals surface area contributed by atoms with Gasteiger partial charge in [-0.2, -0.15) is 13.2 Å². The van der Waals surface area contributed by atoms with E-state index in [2.05, 4.69) is 15.2 Å². The minimum absolute atomic E-state index is 0.161. The van der Waals surface area contributed by atoms with Crippen molar-refractivity contribution < 1.29 is 22.7 Å². The van der Waals surface area contributed by atoms with Crippen LogP contribution in [0.25, 0.3) is 0 Å². The van der Waals surface area contributed by atoms with Gasteiger partial charge in [-0.25, -0.2) is 9.78 Å². The van der Waals surface area contributed by atoms with Gasteiger partial charge in [0.2, 0.25) is 0 Å². The summed E-state index contributed by atoms with van der Waals surface area (Å²) in [6, 6.07) is 0. The van der Waals surface area contributed by atoms with Gasteiger partial charge in [0.15, 0.2) is 23.1 Å². The Bertz CT molecular complexity index is 709. The van der Waals surface area contributed by atoms with Crippen LogP contribution in [0.4, 0.5) is 13.2 Å². The topological polar surface area (TPSA) is 69.9 Å². The van der Waals surface area contributed by atoms with E-state index >= 15 is 0 Å². The Kier molecular flexibility index (Phi) is 5.03. The van der Waals surface area contributed by atoms with Crippen LogP contribution in [-0.2, 0) is 24.1 Å². The maximum atomic E-state index is 12.6. The van der Waals surface area contributed by atoms with Crippen LogP contribution in [0, 0.1) is 13.8 Å². The molecule has 0 aliphatic rings. The predicted molar refractivity (Wildman–Crippen MR) is 76.0 cm³/mol. The fourth-order valence-electron chi connectivity index (χ4n) is 1.95. The first kappa shape index (κ1) is 17.4. The lowest BCUT2D eigenvalue weighted by molar-refractivity contribution is -0.137. The van der Waals surface area contributed by atoms with Crippen molar-refractivity contribution in [3.8, 4) is 0 Å². The molecule has 0 atom stereocenters. The molecule has 0 radical (unpaired) electrons. The van der Waals surface area contributed by atoms with Gasteiger partial charge in [-0.15, -0.1) is 21.5 Å². The van der Waals surface area contributed by atoms with Gasteiger partial charge in [0.1, 0.15) is 5.82 Å².